The van der Waals surface area contributed by atoms with Crippen molar-refractivity contribution in [1.82, 2.24) is 14.8 Å². The molecule has 0 radical (unpaired) electrons. The number of rotatable bonds is 2. The summed E-state index contributed by atoms with van der Waals surface area (Å²) in [6, 6.07) is 5.72. The van der Waals surface area contributed by atoms with Crippen LogP contribution in [0.15, 0.2) is 30.6 Å². The fraction of sp³-hybridized carbons (Fsp3) is 0.0909. The normalized spacial score (nSPS) is 10.9. The molecule has 0 bridgehead atoms. The molecule has 86 valence electrons. The number of hydrogen-bond acceptors (Lipinski definition) is 4. The van der Waals surface area contributed by atoms with Gasteiger partial charge in [0.1, 0.15) is 0 Å². The predicted octanol–water partition coefficient (Wildman–Crippen LogP) is 3.43. The Labute approximate surface area is 107 Å². The molecule has 3 aromatic rings. The summed E-state index contributed by atoms with van der Waals surface area (Å²) in [6.07, 6.45) is 3.65. The van der Waals surface area contributed by atoms with Crippen molar-refractivity contribution in [2.75, 3.05) is 5.32 Å². The molecule has 4 nitrogen and oxygen atoms in total. The van der Waals surface area contributed by atoms with Crippen LogP contribution in [0, 0.1) is 0 Å². The smallest absolute Gasteiger partial charge is 0.188 e. The summed E-state index contributed by atoms with van der Waals surface area (Å²) in [5.41, 5.74) is 1.83. The highest BCUT2D eigenvalue weighted by atomic mass is 35.5. The van der Waals surface area contributed by atoms with Crippen molar-refractivity contribution in [3.63, 3.8) is 0 Å². The third kappa shape index (κ3) is 1.99. The molecule has 0 saturated heterocycles. The largest absolute Gasteiger partial charge is 0.329 e. The van der Waals surface area contributed by atoms with Gasteiger partial charge < -0.3 is 5.32 Å². The number of thiazole rings is 1. The lowest BCUT2D eigenvalue weighted by molar-refractivity contribution is 0.768. The zero-order chi connectivity index (χ0) is 11.8. The van der Waals surface area contributed by atoms with E-state index in [0.29, 0.717) is 0 Å². The molecule has 0 aliphatic heterocycles. The van der Waals surface area contributed by atoms with Crippen LogP contribution in [-0.2, 0) is 7.05 Å². The summed E-state index contributed by atoms with van der Waals surface area (Å²) in [6.45, 7) is 0. The number of aryl methyl sites for hydroxylation is 1. The van der Waals surface area contributed by atoms with E-state index in [1.807, 2.05) is 31.4 Å². The Balaban J connectivity index is 1.98. The molecule has 2 heterocycles. The van der Waals surface area contributed by atoms with Gasteiger partial charge in [-0.3, -0.25) is 4.68 Å². The fourth-order valence-corrected chi connectivity index (χ4v) is 2.75. The Bertz CT molecular complexity index is 673. The molecule has 6 heteroatoms. The van der Waals surface area contributed by atoms with Crippen molar-refractivity contribution in [2.45, 2.75) is 0 Å². The third-order valence-corrected chi connectivity index (χ3v) is 3.77. The molecule has 0 atom stereocenters. The van der Waals surface area contributed by atoms with Gasteiger partial charge in [0.05, 0.1) is 27.1 Å². The Morgan fingerprint density at radius 1 is 1.41 bits per heavy atom. The molecular weight excluding hydrogens is 256 g/mol. The van der Waals surface area contributed by atoms with Crippen molar-refractivity contribution < 1.29 is 0 Å². The Morgan fingerprint density at radius 3 is 3.00 bits per heavy atom. The second-order valence-corrected chi connectivity index (χ2v) is 5.04. The number of hydrogen-bond donors (Lipinski definition) is 1. The number of nitrogens with one attached hydrogen (secondary N) is 1. The van der Waals surface area contributed by atoms with Crippen molar-refractivity contribution in [1.29, 1.82) is 0 Å². The van der Waals surface area contributed by atoms with E-state index in [1.165, 1.54) is 11.3 Å². The van der Waals surface area contributed by atoms with Crippen molar-refractivity contribution >= 4 is 44.0 Å². The topological polar surface area (TPSA) is 42.7 Å². The van der Waals surface area contributed by atoms with Crippen LogP contribution in [0.1, 0.15) is 0 Å². The molecule has 0 saturated carbocycles. The van der Waals surface area contributed by atoms with Crippen molar-refractivity contribution in [3.05, 3.63) is 35.6 Å². The Kier molecular flexibility index (Phi) is 2.49. The summed E-state index contributed by atoms with van der Waals surface area (Å²) in [4.78, 5) is 4.46. The zero-order valence-corrected chi connectivity index (χ0v) is 10.6. The van der Waals surface area contributed by atoms with Gasteiger partial charge >= 0.3 is 0 Å². The highest BCUT2D eigenvalue weighted by Crippen LogP contribution is 2.32. The molecule has 0 aliphatic carbocycles. The summed E-state index contributed by atoms with van der Waals surface area (Å²) < 4.78 is 2.74. The molecule has 0 fully saturated rings. The zero-order valence-electron chi connectivity index (χ0n) is 9.01. The minimum absolute atomic E-state index is 0.735. The highest BCUT2D eigenvalue weighted by Gasteiger charge is 2.07. The van der Waals surface area contributed by atoms with Crippen LogP contribution in [0.25, 0.3) is 10.2 Å². The molecular formula is C11H9ClN4S. The van der Waals surface area contributed by atoms with Crippen LogP contribution in [-0.4, -0.2) is 14.8 Å². The first-order valence-corrected chi connectivity index (χ1v) is 6.22. The Morgan fingerprint density at radius 2 is 2.29 bits per heavy atom. The number of halogens is 1. The lowest BCUT2D eigenvalue weighted by Gasteiger charge is -1.94. The predicted molar refractivity (Wildman–Crippen MR) is 71.1 cm³/mol. The van der Waals surface area contributed by atoms with Crippen LogP contribution in [0.2, 0.25) is 5.02 Å². The van der Waals surface area contributed by atoms with E-state index in [1.54, 1.807) is 10.9 Å². The van der Waals surface area contributed by atoms with E-state index in [0.717, 1.165) is 26.1 Å². The average molecular weight is 265 g/mol. The summed E-state index contributed by atoms with van der Waals surface area (Å²) in [5, 5.41) is 8.85. The van der Waals surface area contributed by atoms with Gasteiger partial charge in [0.2, 0.25) is 0 Å². The first kappa shape index (κ1) is 10.6. The molecule has 0 amide bonds. The monoisotopic (exact) mass is 264 g/mol. The number of benzene rings is 1. The van der Waals surface area contributed by atoms with Gasteiger partial charge in [0, 0.05) is 13.2 Å². The van der Waals surface area contributed by atoms with Gasteiger partial charge in [0.25, 0.3) is 0 Å². The van der Waals surface area contributed by atoms with Crippen LogP contribution in [0.3, 0.4) is 0 Å². The summed E-state index contributed by atoms with van der Waals surface area (Å²) in [5.74, 6) is 0. The molecule has 1 aromatic carbocycles. The SMILES string of the molecule is Cn1cc(Nc2nc3cccc(Cl)c3s2)cn1. The lowest BCUT2D eigenvalue weighted by atomic mass is 10.3. The standard InChI is InChI=1S/C11H9ClN4S/c1-16-6-7(5-13-16)14-11-15-9-4-2-3-8(12)10(9)17-11/h2-6H,1H3,(H,14,15). The lowest BCUT2D eigenvalue weighted by Crippen LogP contribution is -1.87. The summed E-state index contributed by atoms with van der Waals surface area (Å²) in [7, 11) is 1.88. The molecule has 17 heavy (non-hydrogen) atoms. The first-order valence-electron chi connectivity index (χ1n) is 5.03. The number of nitrogens with zero attached hydrogens (tertiary/aromatic N) is 3. The average Bonchev–Trinajstić information content (AvgIpc) is 2.86. The van der Waals surface area contributed by atoms with Crippen LogP contribution in [0.5, 0.6) is 0 Å². The molecule has 0 aliphatic rings. The minimum Gasteiger partial charge on any atom is -0.329 e. The van der Waals surface area contributed by atoms with Gasteiger partial charge in [-0.1, -0.05) is 29.0 Å². The van der Waals surface area contributed by atoms with Crippen molar-refractivity contribution in [2.24, 2.45) is 7.05 Å². The molecule has 1 N–H and O–H groups in total. The third-order valence-electron chi connectivity index (χ3n) is 2.32. The van der Waals surface area contributed by atoms with Crippen LogP contribution >= 0.6 is 22.9 Å². The van der Waals surface area contributed by atoms with E-state index >= 15 is 0 Å². The van der Waals surface area contributed by atoms with Gasteiger partial charge in [-0.25, -0.2) is 4.98 Å². The van der Waals surface area contributed by atoms with E-state index < -0.39 is 0 Å². The van der Waals surface area contributed by atoms with Gasteiger partial charge in [-0.05, 0) is 12.1 Å². The maximum Gasteiger partial charge on any atom is 0.188 e. The molecule has 2 aromatic heterocycles. The van der Waals surface area contributed by atoms with Gasteiger partial charge in [-0.2, -0.15) is 5.10 Å². The maximum atomic E-state index is 6.10. The van der Waals surface area contributed by atoms with Gasteiger partial charge in [0.15, 0.2) is 5.13 Å². The Hall–Kier alpha value is -1.59. The highest BCUT2D eigenvalue weighted by molar-refractivity contribution is 7.22. The summed E-state index contributed by atoms with van der Waals surface area (Å²) >= 11 is 7.64. The van der Waals surface area contributed by atoms with E-state index in [2.05, 4.69) is 15.4 Å². The molecule has 0 spiro atoms. The number of aromatic nitrogens is 3. The molecule has 0 unspecified atom stereocenters. The van der Waals surface area contributed by atoms with E-state index in [9.17, 15) is 0 Å². The number of fused-ring (bicyclic) bond motifs is 1. The number of anilines is 2. The second-order valence-electron chi connectivity index (χ2n) is 3.63. The van der Waals surface area contributed by atoms with Crippen LogP contribution in [0.4, 0.5) is 10.8 Å². The van der Waals surface area contributed by atoms with Crippen molar-refractivity contribution in [3.8, 4) is 0 Å². The van der Waals surface area contributed by atoms with Gasteiger partial charge in [-0.15, -0.1) is 0 Å². The minimum atomic E-state index is 0.735. The van der Waals surface area contributed by atoms with Crippen LogP contribution < -0.4 is 5.32 Å². The first-order chi connectivity index (χ1) is 8.22. The van der Waals surface area contributed by atoms with E-state index in [4.69, 9.17) is 11.6 Å². The fourth-order valence-electron chi connectivity index (χ4n) is 1.58. The molecule has 3 rings (SSSR count). The second kappa shape index (κ2) is 4.01. The maximum absolute atomic E-state index is 6.10. The van der Waals surface area contributed by atoms with E-state index in [-0.39, 0.29) is 0 Å². The quantitative estimate of drug-likeness (QED) is 0.771.